The number of aliphatic hydroxyl groups is 1. The number of aromatic nitrogens is 2. The first-order chi connectivity index (χ1) is 19.3. The van der Waals surface area contributed by atoms with Gasteiger partial charge in [0.15, 0.2) is 0 Å². The van der Waals surface area contributed by atoms with E-state index in [0.717, 1.165) is 51.4 Å². The van der Waals surface area contributed by atoms with E-state index in [0.29, 0.717) is 42.1 Å². The van der Waals surface area contributed by atoms with Gasteiger partial charge < -0.3 is 24.1 Å². The first-order valence-electron chi connectivity index (χ1n) is 15.7. The fourth-order valence-electron chi connectivity index (χ4n) is 8.47. The minimum absolute atomic E-state index is 0.260. The molecule has 2 heterocycles. The molecule has 3 unspecified atom stereocenters. The molecule has 40 heavy (non-hydrogen) atoms. The van der Waals surface area contributed by atoms with E-state index in [9.17, 15) is 14.7 Å². The second kappa shape index (κ2) is 13.2. The van der Waals surface area contributed by atoms with Gasteiger partial charge in [0.05, 0.1) is 30.5 Å². The van der Waals surface area contributed by atoms with Crippen molar-refractivity contribution >= 4 is 0 Å². The van der Waals surface area contributed by atoms with Crippen molar-refractivity contribution in [3.63, 3.8) is 0 Å². The number of rotatable bonds is 9. The van der Waals surface area contributed by atoms with Gasteiger partial charge in [-0.1, -0.05) is 19.3 Å². The zero-order valence-electron chi connectivity index (χ0n) is 24.6. The van der Waals surface area contributed by atoms with Crippen molar-refractivity contribution in [2.24, 2.45) is 17.8 Å². The van der Waals surface area contributed by atoms with Crippen molar-refractivity contribution < 1.29 is 24.1 Å². The van der Waals surface area contributed by atoms with Crippen LogP contribution < -0.4 is 11.2 Å². The van der Waals surface area contributed by atoms with Crippen LogP contribution in [0.1, 0.15) is 102 Å². The lowest BCUT2D eigenvalue weighted by Crippen LogP contribution is -2.57. The van der Waals surface area contributed by atoms with Crippen LogP contribution in [0.2, 0.25) is 0 Å². The average molecular weight is 563 g/mol. The molecular formula is C31H50N2O7. The molecule has 226 valence electrons. The van der Waals surface area contributed by atoms with Crippen molar-refractivity contribution in [2.75, 3.05) is 20.8 Å². The number of H-pyrrole nitrogens is 1. The zero-order chi connectivity index (χ0) is 28.3. The van der Waals surface area contributed by atoms with Gasteiger partial charge in [-0.25, -0.2) is 4.79 Å². The maximum atomic E-state index is 12.5. The molecule has 1 aliphatic heterocycles. The van der Waals surface area contributed by atoms with Crippen LogP contribution in [0.4, 0.5) is 0 Å². The molecule has 0 aromatic carbocycles. The highest BCUT2D eigenvalue weighted by atomic mass is 16.6. The fraction of sp³-hybridized carbons (Fsp3) is 0.871. The van der Waals surface area contributed by atoms with Gasteiger partial charge >= 0.3 is 5.69 Å². The quantitative estimate of drug-likeness (QED) is 0.463. The first-order valence-corrected chi connectivity index (χ1v) is 15.7. The Morgan fingerprint density at radius 2 is 1.45 bits per heavy atom. The van der Waals surface area contributed by atoms with Crippen LogP contribution in [-0.2, 0) is 18.9 Å². The summed E-state index contributed by atoms with van der Waals surface area (Å²) in [7, 11) is 3.65. The Morgan fingerprint density at radius 1 is 0.900 bits per heavy atom. The Balaban J connectivity index is 1.40. The van der Waals surface area contributed by atoms with Crippen LogP contribution in [0.3, 0.4) is 0 Å². The third kappa shape index (κ3) is 6.14. The SMILES string of the molecule is COC1CCC(C(OCC2OC(n3cc(C)c(=O)[nH]c3=O)CC2O)(C2CCCCC2)C2CCC(OC)CC2)CC1. The van der Waals surface area contributed by atoms with Crippen molar-refractivity contribution in [2.45, 2.75) is 133 Å². The molecule has 0 radical (unpaired) electrons. The third-order valence-electron chi connectivity index (χ3n) is 10.7. The molecule has 1 saturated heterocycles. The number of aliphatic hydroxyl groups excluding tert-OH is 1. The van der Waals surface area contributed by atoms with Gasteiger partial charge in [-0.05, 0) is 88.9 Å². The minimum atomic E-state index is -0.748. The summed E-state index contributed by atoms with van der Waals surface area (Å²) in [5, 5.41) is 11.1. The molecule has 1 aromatic heterocycles. The topological polar surface area (TPSA) is 112 Å². The number of ether oxygens (including phenoxy) is 4. The molecule has 0 bridgehead atoms. The van der Waals surface area contributed by atoms with E-state index in [1.165, 1.54) is 42.9 Å². The highest BCUT2D eigenvalue weighted by molar-refractivity contribution is 5.04. The van der Waals surface area contributed by atoms with E-state index in [4.69, 9.17) is 18.9 Å². The maximum absolute atomic E-state index is 12.5. The lowest BCUT2D eigenvalue weighted by Gasteiger charge is -2.55. The van der Waals surface area contributed by atoms with Gasteiger partial charge in [0, 0.05) is 32.4 Å². The molecule has 3 saturated carbocycles. The molecule has 5 rings (SSSR count). The minimum Gasteiger partial charge on any atom is -0.390 e. The highest BCUT2D eigenvalue weighted by Gasteiger charge is 2.53. The van der Waals surface area contributed by atoms with Gasteiger partial charge in [0.2, 0.25) is 0 Å². The number of nitrogens with one attached hydrogen (secondary N) is 1. The molecule has 0 spiro atoms. The summed E-state index contributed by atoms with van der Waals surface area (Å²) < 4.78 is 26.5. The molecule has 9 nitrogen and oxygen atoms in total. The van der Waals surface area contributed by atoms with E-state index < -0.39 is 29.7 Å². The molecule has 0 amide bonds. The largest absolute Gasteiger partial charge is 0.390 e. The standard InChI is InChI=1S/C31H50N2O7/c1-20-18-33(30(36)32-29(20)35)28-17-26(34)27(40-28)19-39-31(21-7-5-4-6-8-21,22-9-13-24(37-2)14-10-22)23-11-15-25(38-3)16-12-23/h18,21-28,34H,4-17,19H2,1-3H3,(H,32,35,36). The summed E-state index contributed by atoms with van der Waals surface area (Å²) in [6, 6.07) is 0. The molecule has 1 aromatic rings. The number of aromatic amines is 1. The summed E-state index contributed by atoms with van der Waals surface area (Å²) >= 11 is 0. The Kier molecular flexibility index (Phi) is 9.88. The number of hydrogen-bond acceptors (Lipinski definition) is 7. The van der Waals surface area contributed by atoms with E-state index in [-0.39, 0.29) is 12.0 Å². The number of nitrogens with zero attached hydrogens (tertiary/aromatic N) is 1. The summed E-state index contributed by atoms with van der Waals surface area (Å²) in [5.74, 6) is 1.39. The van der Waals surface area contributed by atoms with Crippen LogP contribution in [-0.4, -0.2) is 65.5 Å². The molecule has 9 heteroatoms. The summed E-state index contributed by atoms with van der Waals surface area (Å²) in [6.45, 7) is 1.97. The van der Waals surface area contributed by atoms with Crippen molar-refractivity contribution in [3.05, 3.63) is 32.6 Å². The first kappa shape index (κ1) is 30.0. The van der Waals surface area contributed by atoms with Crippen molar-refractivity contribution in [1.29, 1.82) is 0 Å². The molecule has 4 aliphatic rings. The highest BCUT2D eigenvalue weighted by Crippen LogP contribution is 2.53. The van der Waals surface area contributed by atoms with Gasteiger partial charge in [-0.3, -0.25) is 14.3 Å². The smallest absolute Gasteiger partial charge is 0.330 e. The lowest BCUT2D eigenvalue weighted by molar-refractivity contribution is -0.211. The average Bonchev–Trinajstić information content (AvgIpc) is 3.36. The summed E-state index contributed by atoms with van der Waals surface area (Å²) in [6.07, 6.45) is 15.4. The van der Waals surface area contributed by atoms with Gasteiger partial charge in [0.25, 0.3) is 5.56 Å². The van der Waals surface area contributed by atoms with Crippen LogP contribution in [0.15, 0.2) is 15.8 Å². The molecular weight excluding hydrogens is 512 g/mol. The second-order valence-electron chi connectivity index (χ2n) is 12.8. The third-order valence-corrected chi connectivity index (χ3v) is 10.7. The van der Waals surface area contributed by atoms with Crippen LogP contribution in [0.5, 0.6) is 0 Å². The molecule has 3 aliphatic carbocycles. The van der Waals surface area contributed by atoms with Gasteiger partial charge in [0.1, 0.15) is 12.3 Å². The Labute approximate surface area is 237 Å². The predicted octanol–water partition coefficient (Wildman–Crippen LogP) is 4.24. The maximum Gasteiger partial charge on any atom is 0.330 e. The van der Waals surface area contributed by atoms with Crippen molar-refractivity contribution in [1.82, 2.24) is 9.55 Å². The van der Waals surface area contributed by atoms with Gasteiger partial charge in [-0.15, -0.1) is 0 Å². The zero-order valence-corrected chi connectivity index (χ0v) is 24.6. The normalized spacial score (nSPS) is 35.5. The monoisotopic (exact) mass is 562 g/mol. The lowest BCUT2D eigenvalue weighted by atomic mass is 9.58. The van der Waals surface area contributed by atoms with Crippen LogP contribution in [0, 0.1) is 24.7 Å². The van der Waals surface area contributed by atoms with Gasteiger partial charge in [-0.2, -0.15) is 0 Å². The van der Waals surface area contributed by atoms with E-state index >= 15 is 0 Å². The number of hydrogen-bond donors (Lipinski definition) is 2. The fourth-order valence-corrected chi connectivity index (χ4v) is 8.47. The van der Waals surface area contributed by atoms with E-state index in [1.54, 1.807) is 6.92 Å². The number of methoxy groups -OCH3 is 2. The molecule has 3 atom stereocenters. The van der Waals surface area contributed by atoms with Crippen LogP contribution >= 0.6 is 0 Å². The molecule has 2 N–H and O–H groups in total. The van der Waals surface area contributed by atoms with Crippen molar-refractivity contribution in [3.8, 4) is 0 Å². The Bertz CT molecular complexity index is 1040. The van der Waals surface area contributed by atoms with E-state index in [1.807, 2.05) is 14.2 Å². The second-order valence-corrected chi connectivity index (χ2v) is 12.8. The summed E-state index contributed by atoms with van der Waals surface area (Å²) in [5.41, 5.74) is -0.740. The summed E-state index contributed by atoms with van der Waals surface area (Å²) in [4.78, 5) is 26.8. The van der Waals surface area contributed by atoms with Crippen LogP contribution in [0.25, 0.3) is 0 Å². The Morgan fingerprint density at radius 3 is 2.00 bits per heavy atom. The predicted molar refractivity (Wildman–Crippen MR) is 151 cm³/mol. The Hall–Kier alpha value is -1.52. The van der Waals surface area contributed by atoms with E-state index in [2.05, 4.69) is 4.98 Å². The molecule has 4 fully saturated rings. The number of aryl methyl sites for hydroxylation is 1.